The van der Waals surface area contributed by atoms with Crippen LogP contribution in [0.15, 0.2) is 33.9 Å². The van der Waals surface area contributed by atoms with Gasteiger partial charge in [0.1, 0.15) is 11.6 Å². The minimum atomic E-state index is -0.415. The highest BCUT2D eigenvalue weighted by atomic mass is 35.5. The third-order valence-corrected chi connectivity index (χ3v) is 4.82. The zero-order valence-electron chi connectivity index (χ0n) is 14.0. The van der Waals surface area contributed by atoms with Crippen LogP contribution in [0.25, 0.3) is 0 Å². The molecule has 0 bridgehead atoms. The number of nitrogens with zero attached hydrogens (tertiary/aromatic N) is 3. The molecule has 0 aliphatic carbocycles. The molecule has 2 aromatic rings. The van der Waals surface area contributed by atoms with E-state index in [1.165, 1.54) is 25.2 Å². The summed E-state index contributed by atoms with van der Waals surface area (Å²) >= 11 is 6.11. The van der Waals surface area contributed by atoms with Gasteiger partial charge in [0.15, 0.2) is 0 Å². The minimum Gasteiger partial charge on any atom is -0.357 e. The molecule has 0 spiro atoms. The summed E-state index contributed by atoms with van der Waals surface area (Å²) in [5, 5.41) is 0.428. The molecule has 8 heteroatoms. The van der Waals surface area contributed by atoms with Crippen LogP contribution < -0.4 is 16.1 Å². The second-order valence-corrected chi connectivity index (χ2v) is 6.62. The fraction of sp³-hybridized carbons (Fsp3) is 0.412. The van der Waals surface area contributed by atoms with Gasteiger partial charge in [-0.15, -0.1) is 0 Å². The molecule has 0 radical (unpaired) electrons. The maximum Gasteiger partial charge on any atom is 0.329 e. The van der Waals surface area contributed by atoms with Crippen molar-refractivity contribution in [1.29, 1.82) is 0 Å². The van der Waals surface area contributed by atoms with Crippen molar-refractivity contribution in [3.8, 4) is 0 Å². The second-order valence-electron chi connectivity index (χ2n) is 6.21. The highest BCUT2D eigenvalue weighted by Gasteiger charge is 2.17. The maximum atomic E-state index is 13.2. The molecule has 2 heterocycles. The lowest BCUT2D eigenvalue weighted by Gasteiger charge is -2.23. The molecule has 0 atom stereocenters. The number of anilines is 1. The summed E-state index contributed by atoms with van der Waals surface area (Å²) in [4.78, 5) is 30.6. The van der Waals surface area contributed by atoms with Gasteiger partial charge in [-0.25, -0.2) is 9.18 Å². The summed E-state index contributed by atoms with van der Waals surface area (Å²) in [5.41, 5.74) is 0.151. The molecule has 1 aliphatic rings. The Balaban J connectivity index is 1.70. The monoisotopic (exact) mass is 366 g/mol. The van der Waals surface area contributed by atoms with Gasteiger partial charge in [0, 0.05) is 50.9 Å². The van der Waals surface area contributed by atoms with Crippen LogP contribution in [0.2, 0.25) is 5.02 Å². The summed E-state index contributed by atoms with van der Waals surface area (Å²) in [6.45, 7) is 3.68. The van der Waals surface area contributed by atoms with E-state index in [1.54, 1.807) is 6.07 Å². The number of aromatic amines is 1. The van der Waals surface area contributed by atoms with Crippen molar-refractivity contribution in [1.82, 2.24) is 14.5 Å². The van der Waals surface area contributed by atoms with Gasteiger partial charge in [0.05, 0.1) is 0 Å². The number of hydrogen-bond donors (Lipinski definition) is 1. The molecule has 1 aromatic carbocycles. The van der Waals surface area contributed by atoms with E-state index in [2.05, 4.69) is 9.88 Å². The van der Waals surface area contributed by atoms with Gasteiger partial charge in [-0.1, -0.05) is 17.7 Å². The summed E-state index contributed by atoms with van der Waals surface area (Å²) in [6.07, 6.45) is 0.885. The largest absolute Gasteiger partial charge is 0.357 e. The summed E-state index contributed by atoms with van der Waals surface area (Å²) in [5.74, 6) is 0.208. The van der Waals surface area contributed by atoms with Crippen molar-refractivity contribution in [3.63, 3.8) is 0 Å². The molecule has 1 fully saturated rings. The van der Waals surface area contributed by atoms with Crippen LogP contribution in [0.4, 0.5) is 10.2 Å². The van der Waals surface area contributed by atoms with E-state index in [9.17, 15) is 14.0 Å². The lowest BCUT2D eigenvalue weighted by atomic mass is 10.2. The summed E-state index contributed by atoms with van der Waals surface area (Å²) in [6, 6.07) is 5.90. The molecular formula is C17H20ClFN4O2. The molecule has 1 aromatic heterocycles. The Morgan fingerprint density at radius 1 is 1.16 bits per heavy atom. The van der Waals surface area contributed by atoms with E-state index in [-0.39, 0.29) is 11.4 Å². The van der Waals surface area contributed by atoms with Crippen molar-refractivity contribution < 1.29 is 4.39 Å². The average molecular weight is 367 g/mol. The quantitative estimate of drug-likeness (QED) is 0.896. The molecule has 1 saturated heterocycles. The lowest BCUT2D eigenvalue weighted by molar-refractivity contribution is 0.285. The van der Waals surface area contributed by atoms with Crippen LogP contribution in [0.5, 0.6) is 0 Å². The third-order valence-electron chi connectivity index (χ3n) is 4.47. The Morgan fingerprint density at radius 3 is 2.68 bits per heavy atom. The first-order valence-electron chi connectivity index (χ1n) is 8.15. The highest BCUT2D eigenvalue weighted by molar-refractivity contribution is 6.31. The van der Waals surface area contributed by atoms with Gasteiger partial charge in [-0.05, 0) is 24.1 Å². The fourth-order valence-electron chi connectivity index (χ4n) is 2.97. The van der Waals surface area contributed by atoms with Gasteiger partial charge in [0.25, 0.3) is 5.56 Å². The summed E-state index contributed by atoms with van der Waals surface area (Å²) < 4.78 is 14.2. The molecule has 1 aliphatic heterocycles. The topological polar surface area (TPSA) is 61.3 Å². The first kappa shape index (κ1) is 17.7. The van der Waals surface area contributed by atoms with Crippen LogP contribution in [-0.2, 0) is 13.6 Å². The predicted molar refractivity (Wildman–Crippen MR) is 95.8 cm³/mol. The van der Waals surface area contributed by atoms with E-state index >= 15 is 0 Å². The first-order chi connectivity index (χ1) is 11.9. The van der Waals surface area contributed by atoms with Gasteiger partial charge in [0.2, 0.25) is 0 Å². The predicted octanol–water partition coefficient (Wildman–Crippen LogP) is 1.58. The van der Waals surface area contributed by atoms with Crippen molar-refractivity contribution in [2.75, 3.05) is 31.1 Å². The standard InChI is InChI=1S/C17H20ClFN4O2/c1-21-16(24)10-15(20-17(21)25)23-6-2-5-22(7-8-23)11-12-3-4-13(19)9-14(12)18/h3-4,9-10H,2,5-8,11H2,1H3,(H,20,25). The van der Waals surface area contributed by atoms with E-state index in [0.717, 1.165) is 36.2 Å². The van der Waals surface area contributed by atoms with Crippen LogP contribution in [0.1, 0.15) is 12.0 Å². The molecule has 25 heavy (non-hydrogen) atoms. The number of hydrogen-bond acceptors (Lipinski definition) is 4. The number of benzene rings is 1. The molecule has 1 N–H and O–H groups in total. The van der Waals surface area contributed by atoms with Crippen molar-refractivity contribution in [2.45, 2.75) is 13.0 Å². The van der Waals surface area contributed by atoms with Gasteiger partial charge < -0.3 is 4.90 Å². The zero-order chi connectivity index (χ0) is 18.0. The Kier molecular flexibility index (Phi) is 5.24. The second kappa shape index (κ2) is 7.41. The van der Waals surface area contributed by atoms with E-state index in [0.29, 0.717) is 23.9 Å². The molecular weight excluding hydrogens is 347 g/mol. The number of nitrogens with one attached hydrogen (secondary N) is 1. The summed E-state index contributed by atoms with van der Waals surface area (Å²) in [7, 11) is 1.45. The van der Waals surface area contributed by atoms with Crippen molar-refractivity contribution >= 4 is 17.4 Å². The third kappa shape index (κ3) is 4.11. The minimum absolute atomic E-state index is 0.321. The van der Waals surface area contributed by atoms with Gasteiger partial charge in [-0.3, -0.25) is 19.2 Å². The van der Waals surface area contributed by atoms with Crippen LogP contribution in [0, 0.1) is 5.82 Å². The zero-order valence-corrected chi connectivity index (χ0v) is 14.7. The first-order valence-corrected chi connectivity index (χ1v) is 8.53. The number of H-pyrrole nitrogens is 1. The molecule has 3 rings (SSSR count). The Morgan fingerprint density at radius 2 is 1.96 bits per heavy atom. The average Bonchev–Trinajstić information content (AvgIpc) is 2.80. The molecule has 0 saturated carbocycles. The SMILES string of the molecule is Cn1c(=O)cc(N2CCCN(Cc3ccc(F)cc3Cl)CC2)[nH]c1=O. The normalized spacial score (nSPS) is 16.0. The number of aromatic nitrogens is 2. The Labute approximate surface area is 149 Å². The number of rotatable bonds is 3. The molecule has 0 unspecified atom stereocenters. The smallest absolute Gasteiger partial charge is 0.329 e. The van der Waals surface area contributed by atoms with Gasteiger partial charge >= 0.3 is 5.69 Å². The van der Waals surface area contributed by atoms with E-state index < -0.39 is 5.69 Å². The number of halogens is 2. The molecule has 134 valence electrons. The van der Waals surface area contributed by atoms with Crippen molar-refractivity contribution in [3.05, 3.63) is 61.5 Å². The highest BCUT2D eigenvalue weighted by Crippen LogP contribution is 2.20. The van der Waals surface area contributed by atoms with Crippen LogP contribution in [0.3, 0.4) is 0 Å². The van der Waals surface area contributed by atoms with Crippen LogP contribution >= 0.6 is 11.6 Å². The van der Waals surface area contributed by atoms with E-state index in [1.807, 2.05) is 4.90 Å². The maximum absolute atomic E-state index is 13.2. The molecule has 0 amide bonds. The van der Waals surface area contributed by atoms with Crippen molar-refractivity contribution in [2.24, 2.45) is 7.05 Å². The van der Waals surface area contributed by atoms with E-state index in [4.69, 9.17) is 11.6 Å². The van der Waals surface area contributed by atoms with Crippen LogP contribution in [-0.4, -0.2) is 40.6 Å². The lowest BCUT2D eigenvalue weighted by Crippen LogP contribution is -2.37. The molecule has 6 nitrogen and oxygen atoms in total. The van der Waals surface area contributed by atoms with Gasteiger partial charge in [-0.2, -0.15) is 0 Å². The fourth-order valence-corrected chi connectivity index (χ4v) is 3.20. The Hall–Kier alpha value is -2.12. The Bertz CT molecular complexity index is 848.